The van der Waals surface area contributed by atoms with Crippen molar-refractivity contribution in [3.8, 4) is 28.2 Å². The van der Waals surface area contributed by atoms with E-state index in [1.807, 2.05) is 47.3 Å². The highest BCUT2D eigenvalue weighted by Gasteiger charge is 2.27. The van der Waals surface area contributed by atoms with Gasteiger partial charge >= 0.3 is 0 Å². The molecule has 0 fully saturated rings. The smallest absolute Gasteiger partial charge is 0.150 e. The summed E-state index contributed by atoms with van der Waals surface area (Å²) in [6, 6.07) is 30.9. The Labute approximate surface area is 141 Å². The van der Waals surface area contributed by atoms with Gasteiger partial charge in [0, 0.05) is 11.1 Å². The topological polar surface area (TPSA) is 21.7 Å². The average molecular weight is 312 g/mol. The molecule has 0 saturated carbocycles. The van der Waals surface area contributed by atoms with Crippen molar-refractivity contribution in [1.29, 1.82) is 0 Å². The fourth-order valence-corrected chi connectivity index (χ4v) is 2.96. The van der Waals surface area contributed by atoms with Crippen LogP contribution in [0.5, 0.6) is 0 Å². The molecular formula is C21H18N3+. The van der Waals surface area contributed by atoms with E-state index in [1.165, 1.54) is 0 Å². The van der Waals surface area contributed by atoms with Crippen LogP contribution in [0.3, 0.4) is 0 Å². The van der Waals surface area contributed by atoms with Gasteiger partial charge in [0.15, 0.2) is 0 Å². The van der Waals surface area contributed by atoms with Crippen molar-refractivity contribution in [2.24, 2.45) is 7.05 Å². The molecule has 1 heterocycles. The van der Waals surface area contributed by atoms with Crippen molar-refractivity contribution in [2.75, 3.05) is 0 Å². The van der Waals surface area contributed by atoms with Crippen molar-refractivity contribution < 1.29 is 4.68 Å². The van der Waals surface area contributed by atoms with Gasteiger partial charge in [0.1, 0.15) is 12.7 Å². The van der Waals surface area contributed by atoms with Crippen LogP contribution < -0.4 is 4.68 Å². The number of benzene rings is 3. The van der Waals surface area contributed by atoms with Crippen LogP contribution >= 0.6 is 0 Å². The molecule has 24 heavy (non-hydrogen) atoms. The molecule has 0 atom stereocenters. The standard InChI is InChI=1S/C21H18N3/c1-23-21(18-13-7-3-8-14-18)20(17-11-5-2-6-12-17)22-24(23)19-15-9-4-10-16-19/h2-16H,1H3/q+1. The maximum atomic E-state index is 4.91. The minimum absolute atomic E-state index is 0.980. The molecular weight excluding hydrogens is 294 g/mol. The summed E-state index contributed by atoms with van der Waals surface area (Å²) in [5, 5.41) is 4.91. The molecule has 4 rings (SSSR count). The molecule has 0 radical (unpaired) electrons. The van der Waals surface area contributed by atoms with Gasteiger partial charge in [0.25, 0.3) is 5.69 Å². The van der Waals surface area contributed by atoms with Gasteiger partial charge in [-0.15, -0.1) is 0 Å². The minimum atomic E-state index is 0.980. The average Bonchev–Trinajstić information content (AvgIpc) is 3.01. The molecule has 3 nitrogen and oxygen atoms in total. The van der Waals surface area contributed by atoms with Crippen LogP contribution in [-0.4, -0.2) is 9.90 Å². The van der Waals surface area contributed by atoms with Gasteiger partial charge in [0.2, 0.25) is 5.69 Å². The van der Waals surface area contributed by atoms with Gasteiger partial charge in [-0.25, -0.2) is 0 Å². The number of aromatic nitrogens is 3. The number of hydrogen-bond donors (Lipinski definition) is 0. The summed E-state index contributed by atoms with van der Waals surface area (Å²) in [6.07, 6.45) is 0. The summed E-state index contributed by atoms with van der Waals surface area (Å²) in [6.45, 7) is 0. The maximum absolute atomic E-state index is 4.91. The molecule has 0 unspecified atom stereocenters. The molecule has 0 aliphatic carbocycles. The molecule has 4 aromatic rings. The van der Waals surface area contributed by atoms with Crippen molar-refractivity contribution in [2.45, 2.75) is 0 Å². The first-order chi connectivity index (χ1) is 11.8. The molecule has 116 valence electrons. The third-order valence-corrected chi connectivity index (χ3v) is 4.11. The summed E-state index contributed by atoms with van der Waals surface area (Å²) in [4.78, 5) is 1.95. The van der Waals surface area contributed by atoms with Crippen molar-refractivity contribution in [1.82, 2.24) is 9.90 Å². The molecule has 0 spiro atoms. The molecule has 0 amide bonds. The van der Waals surface area contributed by atoms with Crippen LogP contribution in [0.2, 0.25) is 0 Å². The molecule has 0 aliphatic rings. The lowest BCUT2D eigenvalue weighted by Crippen LogP contribution is -2.40. The van der Waals surface area contributed by atoms with Crippen LogP contribution in [0.1, 0.15) is 0 Å². The zero-order chi connectivity index (χ0) is 16.4. The Morgan fingerprint density at radius 1 is 0.667 bits per heavy atom. The van der Waals surface area contributed by atoms with E-state index in [0.717, 1.165) is 28.2 Å². The minimum Gasteiger partial charge on any atom is -0.150 e. The van der Waals surface area contributed by atoms with E-state index >= 15 is 0 Å². The summed E-state index contributed by atoms with van der Waals surface area (Å²) in [5.41, 5.74) is 5.39. The summed E-state index contributed by atoms with van der Waals surface area (Å²) in [7, 11) is 2.05. The van der Waals surface area contributed by atoms with E-state index in [2.05, 4.69) is 60.3 Å². The van der Waals surface area contributed by atoms with Crippen molar-refractivity contribution in [3.63, 3.8) is 0 Å². The van der Waals surface area contributed by atoms with Crippen molar-refractivity contribution in [3.05, 3.63) is 91.0 Å². The lowest BCUT2D eigenvalue weighted by molar-refractivity contribution is -0.738. The van der Waals surface area contributed by atoms with Crippen LogP contribution in [-0.2, 0) is 7.05 Å². The van der Waals surface area contributed by atoms with Gasteiger partial charge in [-0.05, 0) is 16.9 Å². The van der Waals surface area contributed by atoms with Gasteiger partial charge in [-0.2, -0.15) is 4.68 Å². The Morgan fingerprint density at radius 2 is 1.17 bits per heavy atom. The van der Waals surface area contributed by atoms with Crippen LogP contribution in [0.25, 0.3) is 28.2 Å². The lowest BCUT2D eigenvalue weighted by atomic mass is 10.1. The number of para-hydroxylation sites is 1. The fraction of sp³-hybridized carbons (Fsp3) is 0.0476. The first-order valence-electron chi connectivity index (χ1n) is 8.00. The van der Waals surface area contributed by atoms with E-state index < -0.39 is 0 Å². The lowest BCUT2D eigenvalue weighted by Gasteiger charge is -2.01. The first kappa shape index (κ1) is 14.4. The second kappa shape index (κ2) is 6.13. The van der Waals surface area contributed by atoms with E-state index in [-0.39, 0.29) is 0 Å². The Kier molecular flexibility index (Phi) is 3.67. The summed E-state index contributed by atoms with van der Waals surface area (Å²) in [5.74, 6) is 0. The van der Waals surface area contributed by atoms with Crippen molar-refractivity contribution >= 4 is 0 Å². The molecule has 0 aliphatic heterocycles. The highest BCUT2D eigenvalue weighted by atomic mass is 15.5. The zero-order valence-corrected chi connectivity index (χ0v) is 13.5. The van der Waals surface area contributed by atoms with Crippen LogP contribution in [0.15, 0.2) is 91.0 Å². The third-order valence-electron chi connectivity index (χ3n) is 4.11. The maximum Gasteiger partial charge on any atom is 0.257 e. The predicted octanol–water partition coefficient (Wildman–Crippen LogP) is 4.03. The molecule has 3 aromatic carbocycles. The monoisotopic (exact) mass is 312 g/mol. The summed E-state index contributed by atoms with van der Waals surface area (Å²) >= 11 is 0. The fourth-order valence-electron chi connectivity index (χ4n) is 2.96. The Bertz CT molecular complexity index is 943. The summed E-state index contributed by atoms with van der Waals surface area (Å²) < 4.78 is 2.10. The quantitative estimate of drug-likeness (QED) is 0.523. The molecule has 1 aromatic heterocycles. The highest BCUT2D eigenvalue weighted by Crippen LogP contribution is 2.28. The highest BCUT2D eigenvalue weighted by molar-refractivity contribution is 5.75. The molecule has 0 bridgehead atoms. The van der Waals surface area contributed by atoms with Gasteiger partial charge in [-0.3, -0.25) is 0 Å². The second-order valence-corrected chi connectivity index (χ2v) is 5.68. The van der Waals surface area contributed by atoms with Gasteiger partial charge < -0.3 is 0 Å². The number of hydrogen-bond acceptors (Lipinski definition) is 1. The Morgan fingerprint density at radius 3 is 1.75 bits per heavy atom. The SMILES string of the molecule is C[n+]1c(-c2ccccc2)c(-c2ccccc2)nn1-c1ccccc1. The largest absolute Gasteiger partial charge is 0.257 e. The predicted molar refractivity (Wildman–Crippen MR) is 95.6 cm³/mol. The zero-order valence-electron chi connectivity index (χ0n) is 13.5. The van der Waals surface area contributed by atoms with E-state index in [0.29, 0.717) is 0 Å². The van der Waals surface area contributed by atoms with Crippen LogP contribution in [0.4, 0.5) is 0 Å². The van der Waals surface area contributed by atoms with Gasteiger partial charge in [0.05, 0.1) is 5.10 Å². The normalized spacial score (nSPS) is 10.7. The molecule has 0 saturated heterocycles. The van der Waals surface area contributed by atoms with Crippen LogP contribution in [0, 0.1) is 0 Å². The molecule has 3 heteroatoms. The first-order valence-corrected chi connectivity index (χ1v) is 8.00. The number of nitrogens with zero attached hydrogens (tertiary/aromatic N) is 3. The second-order valence-electron chi connectivity index (χ2n) is 5.68. The molecule has 0 N–H and O–H groups in total. The number of rotatable bonds is 3. The van der Waals surface area contributed by atoms with Gasteiger partial charge in [-0.1, -0.05) is 78.9 Å². The Hall–Kier alpha value is -3.20. The Balaban J connectivity index is 1.99. The van der Waals surface area contributed by atoms with E-state index in [9.17, 15) is 0 Å². The third kappa shape index (κ3) is 2.50. The van der Waals surface area contributed by atoms with E-state index in [4.69, 9.17) is 5.10 Å². The van der Waals surface area contributed by atoms with E-state index in [1.54, 1.807) is 0 Å².